The van der Waals surface area contributed by atoms with E-state index in [1.54, 1.807) is 18.1 Å². The van der Waals surface area contributed by atoms with Crippen LogP contribution in [0.2, 0.25) is 0 Å². The van der Waals surface area contributed by atoms with Gasteiger partial charge >= 0.3 is 0 Å². The molecule has 170 valence electrons. The highest BCUT2D eigenvalue weighted by atomic mass is 32.2. The molecular formula is C23H26FN3O3S2. The zero-order chi connectivity index (χ0) is 22.3. The Labute approximate surface area is 195 Å². The average molecular weight is 476 g/mol. The van der Waals surface area contributed by atoms with Crippen LogP contribution in [0.5, 0.6) is 5.75 Å². The molecule has 2 heterocycles. The maximum atomic E-state index is 14.2. The van der Waals surface area contributed by atoms with E-state index in [0.717, 1.165) is 54.6 Å². The zero-order valence-electron chi connectivity index (χ0n) is 18.0. The summed E-state index contributed by atoms with van der Waals surface area (Å²) in [6.45, 7) is 4.75. The van der Waals surface area contributed by atoms with E-state index in [1.165, 1.54) is 29.2 Å². The van der Waals surface area contributed by atoms with Crippen LogP contribution in [0.3, 0.4) is 0 Å². The molecule has 1 amide bonds. The molecular weight excluding hydrogens is 449 g/mol. The van der Waals surface area contributed by atoms with Gasteiger partial charge in [0.15, 0.2) is 5.13 Å². The van der Waals surface area contributed by atoms with Gasteiger partial charge in [-0.15, -0.1) is 11.8 Å². The van der Waals surface area contributed by atoms with Crippen molar-refractivity contribution in [2.24, 2.45) is 0 Å². The lowest BCUT2D eigenvalue weighted by atomic mass is 10.3. The van der Waals surface area contributed by atoms with Crippen LogP contribution >= 0.6 is 23.1 Å². The molecule has 0 N–H and O–H groups in total. The van der Waals surface area contributed by atoms with Gasteiger partial charge in [-0.3, -0.25) is 14.6 Å². The first-order valence-electron chi connectivity index (χ1n) is 10.6. The molecule has 2 aromatic carbocycles. The summed E-state index contributed by atoms with van der Waals surface area (Å²) in [5, 5.41) is 0.549. The molecule has 6 nitrogen and oxygen atoms in total. The van der Waals surface area contributed by atoms with Crippen molar-refractivity contribution in [2.75, 3.05) is 57.2 Å². The van der Waals surface area contributed by atoms with E-state index in [-0.39, 0.29) is 17.5 Å². The van der Waals surface area contributed by atoms with Gasteiger partial charge in [0, 0.05) is 31.1 Å². The van der Waals surface area contributed by atoms with Gasteiger partial charge in [0.2, 0.25) is 5.91 Å². The summed E-state index contributed by atoms with van der Waals surface area (Å²) in [6.07, 6.45) is 0.817. The molecule has 4 rings (SSSR count). The van der Waals surface area contributed by atoms with Gasteiger partial charge in [-0.2, -0.15) is 0 Å². The Balaban J connectivity index is 1.46. The number of amides is 1. The number of halogens is 1. The molecule has 0 radical (unpaired) electrons. The highest BCUT2D eigenvalue weighted by Crippen LogP contribution is 2.31. The van der Waals surface area contributed by atoms with Gasteiger partial charge in [-0.25, -0.2) is 9.37 Å². The highest BCUT2D eigenvalue weighted by Gasteiger charge is 2.21. The van der Waals surface area contributed by atoms with Crippen molar-refractivity contribution >= 4 is 44.4 Å². The maximum absolute atomic E-state index is 14.2. The van der Waals surface area contributed by atoms with Crippen molar-refractivity contribution in [1.29, 1.82) is 0 Å². The Morgan fingerprint density at radius 2 is 2.03 bits per heavy atom. The molecule has 0 aliphatic carbocycles. The number of anilines is 1. The van der Waals surface area contributed by atoms with Crippen molar-refractivity contribution in [3.8, 4) is 5.75 Å². The quantitative estimate of drug-likeness (QED) is 0.431. The Hall–Kier alpha value is -2.20. The van der Waals surface area contributed by atoms with E-state index in [9.17, 15) is 9.18 Å². The lowest BCUT2D eigenvalue weighted by molar-refractivity contribution is -0.116. The fourth-order valence-corrected chi connectivity index (χ4v) is 5.32. The zero-order valence-corrected chi connectivity index (χ0v) is 19.6. The second-order valence-corrected chi connectivity index (χ2v) is 9.46. The van der Waals surface area contributed by atoms with Crippen LogP contribution in [0, 0.1) is 5.82 Å². The highest BCUT2D eigenvalue weighted by molar-refractivity contribution is 8.00. The topological polar surface area (TPSA) is 54.9 Å². The summed E-state index contributed by atoms with van der Waals surface area (Å²) in [7, 11) is 1.63. The molecule has 1 aromatic heterocycles. The monoisotopic (exact) mass is 475 g/mol. The third-order valence-corrected chi connectivity index (χ3v) is 7.31. The Morgan fingerprint density at radius 3 is 2.75 bits per heavy atom. The molecule has 0 spiro atoms. The minimum Gasteiger partial charge on any atom is -0.497 e. The molecule has 1 aliphatic rings. The standard InChI is InChI=1S/C23H26FN3O3S2/c1-29-17-6-8-18(9-7-17)31-16-21(28)27(11-3-10-26-12-14-30-15-13-26)23-25-22-19(24)4-2-5-20(22)32-23/h2,4-9H,3,10-16H2,1H3. The second-order valence-electron chi connectivity index (χ2n) is 7.40. The van der Waals surface area contributed by atoms with Crippen LogP contribution < -0.4 is 9.64 Å². The normalized spacial score (nSPS) is 14.6. The van der Waals surface area contributed by atoms with Crippen molar-refractivity contribution in [2.45, 2.75) is 11.3 Å². The number of ether oxygens (including phenoxy) is 2. The van der Waals surface area contributed by atoms with Gasteiger partial charge in [-0.1, -0.05) is 17.4 Å². The average Bonchev–Trinajstić information content (AvgIpc) is 3.26. The number of fused-ring (bicyclic) bond motifs is 1. The molecule has 1 aliphatic heterocycles. The van der Waals surface area contributed by atoms with Crippen LogP contribution in [0.1, 0.15) is 6.42 Å². The third kappa shape index (κ3) is 5.78. The summed E-state index contributed by atoms with van der Waals surface area (Å²) in [4.78, 5) is 22.7. The second kappa shape index (κ2) is 11.1. The Bertz CT molecular complexity index is 1040. The number of morpholine rings is 1. The van der Waals surface area contributed by atoms with Crippen LogP contribution in [0.25, 0.3) is 10.2 Å². The largest absolute Gasteiger partial charge is 0.497 e. The summed E-state index contributed by atoms with van der Waals surface area (Å²) in [5.41, 5.74) is 0.321. The summed E-state index contributed by atoms with van der Waals surface area (Å²) in [6, 6.07) is 12.5. The number of carbonyl (C=O) groups excluding carboxylic acids is 1. The minimum absolute atomic E-state index is 0.0349. The maximum Gasteiger partial charge on any atom is 0.239 e. The number of thioether (sulfide) groups is 1. The van der Waals surface area contributed by atoms with Gasteiger partial charge in [0.05, 0.1) is 30.8 Å². The van der Waals surface area contributed by atoms with E-state index < -0.39 is 0 Å². The number of thiazole rings is 1. The smallest absolute Gasteiger partial charge is 0.239 e. The molecule has 9 heteroatoms. The number of methoxy groups -OCH3 is 1. The van der Waals surface area contributed by atoms with Crippen molar-refractivity contribution < 1.29 is 18.7 Å². The van der Waals surface area contributed by atoms with Crippen LogP contribution in [0.4, 0.5) is 9.52 Å². The third-order valence-electron chi connectivity index (χ3n) is 5.27. The number of nitrogens with zero attached hydrogens (tertiary/aromatic N) is 3. The van der Waals surface area contributed by atoms with Gasteiger partial charge in [0.1, 0.15) is 17.1 Å². The first-order valence-corrected chi connectivity index (χ1v) is 12.4. The molecule has 3 aromatic rings. The fourth-order valence-electron chi connectivity index (χ4n) is 3.52. The Kier molecular flexibility index (Phi) is 7.96. The van der Waals surface area contributed by atoms with Gasteiger partial charge in [0.25, 0.3) is 0 Å². The van der Waals surface area contributed by atoms with Crippen molar-refractivity contribution in [3.05, 3.63) is 48.3 Å². The summed E-state index contributed by atoms with van der Waals surface area (Å²) in [5.74, 6) is 0.662. The number of rotatable bonds is 9. The number of para-hydroxylation sites is 1. The molecule has 0 saturated carbocycles. The summed E-state index contributed by atoms with van der Waals surface area (Å²) < 4.78 is 25.5. The van der Waals surface area contributed by atoms with Crippen molar-refractivity contribution in [1.82, 2.24) is 9.88 Å². The number of hydrogen-bond donors (Lipinski definition) is 0. The fraction of sp³-hybridized carbons (Fsp3) is 0.391. The first kappa shape index (κ1) is 23.0. The van der Waals surface area contributed by atoms with Crippen LogP contribution in [-0.4, -0.2) is 68.0 Å². The lowest BCUT2D eigenvalue weighted by Crippen LogP contribution is -2.39. The van der Waals surface area contributed by atoms with E-state index in [4.69, 9.17) is 9.47 Å². The number of carbonyl (C=O) groups is 1. The van der Waals surface area contributed by atoms with E-state index in [0.29, 0.717) is 17.2 Å². The van der Waals surface area contributed by atoms with E-state index >= 15 is 0 Å². The van der Waals surface area contributed by atoms with E-state index in [2.05, 4.69) is 9.88 Å². The lowest BCUT2D eigenvalue weighted by Gasteiger charge is -2.27. The van der Waals surface area contributed by atoms with Gasteiger partial charge in [-0.05, 0) is 42.8 Å². The number of aromatic nitrogens is 1. The molecule has 1 fully saturated rings. The molecule has 0 unspecified atom stereocenters. The summed E-state index contributed by atoms with van der Waals surface area (Å²) >= 11 is 2.83. The molecule has 0 bridgehead atoms. The predicted octanol–water partition coefficient (Wildman–Crippen LogP) is 4.29. The van der Waals surface area contributed by atoms with Gasteiger partial charge < -0.3 is 9.47 Å². The predicted molar refractivity (Wildman–Crippen MR) is 128 cm³/mol. The number of hydrogen-bond acceptors (Lipinski definition) is 7. The molecule has 1 saturated heterocycles. The van der Waals surface area contributed by atoms with Crippen molar-refractivity contribution in [3.63, 3.8) is 0 Å². The SMILES string of the molecule is COc1ccc(SCC(=O)N(CCCN2CCOCC2)c2nc3c(F)cccc3s2)cc1. The molecule has 32 heavy (non-hydrogen) atoms. The Morgan fingerprint density at radius 1 is 1.25 bits per heavy atom. The minimum atomic E-state index is -0.363. The van der Waals surface area contributed by atoms with Crippen LogP contribution in [-0.2, 0) is 9.53 Å². The molecule has 0 atom stereocenters. The van der Waals surface area contributed by atoms with E-state index in [1.807, 2.05) is 30.3 Å². The van der Waals surface area contributed by atoms with Crippen LogP contribution in [0.15, 0.2) is 47.4 Å². The number of benzene rings is 2. The first-order chi connectivity index (χ1) is 15.6.